The molecule has 0 aliphatic rings. The number of benzene rings is 1. The number of aryl methyl sites for hydroxylation is 2. The van der Waals surface area contributed by atoms with Gasteiger partial charge in [-0.1, -0.05) is 0 Å². The van der Waals surface area contributed by atoms with Crippen molar-refractivity contribution in [3.05, 3.63) is 41.2 Å². The van der Waals surface area contributed by atoms with Gasteiger partial charge in [-0.15, -0.1) is 0 Å². The van der Waals surface area contributed by atoms with Crippen LogP contribution in [0, 0.1) is 13.8 Å². The number of nitrogens with one attached hydrogen (secondary N) is 1. The first-order valence-electron chi connectivity index (χ1n) is 7.08. The van der Waals surface area contributed by atoms with Crippen LogP contribution in [-0.2, 0) is 11.3 Å². The van der Waals surface area contributed by atoms with Crippen LogP contribution in [0.1, 0.15) is 17.0 Å². The molecular weight excluding hydrogens is 296 g/mol. The van der Waals surface area contributed by atoms with Gasteiger partial charge in [0.15, 0.2) is 11.5 Å². The molecule has 2 rings (SSSR count). The van der Waals surface area contributed by atoms with Gasteiger partial charge < -0.3 is 9.47 Å². The minimum absolute atomic E-state index is 0.128. The molecule has 0 saturated carbocycles. The van der Waals surface area contributed by atoms with E-state index in [1.54, 1.807) is 37.2 Å². The van der Waals surface area contributed by atoms with Crippen molar-refractivity contribution in [2.75, 3.05) is 14.2 Å². The van der Waals surface area contributed by atoms with Gasteiger partial charge >= 0.3 is 0 Å². The number of ether oxygens (including phenoxy) is 2. The summed E-state index contributed by atoms with van der Waals surface area (Å²) < 4.78 is 12.0. The predicted octanol–water partition coefficient (Wildman–Crippen LogP) is 1.67. The number of hydrogen-bond acceptors (Lipinski definition) is 5. The molecule has 23 heavy (non-hydrogen) atoms. The number of methoxy groups -OCH3 is 2. The van der Waals surface area contributed by atoms with Crippen LogP contribution in [0.4, 0.5) is 0 Å². The second kappa shape index (κ2) is 7.44. The fraction of sp³-hybridized carbons (Fsp3) is 0.312. The van der Waals surface area contributed by atoms with Crippen LogP contribution in [0.3, 0.4) is 0 Å². The van der Waals surface area contributed by atoms with Crippen LogP contribution >= 0.6 is 0 Å². The number of nitrogens with zero attached hydrogens (tertiary/aromatic N) is 3. The Balaban J connectivity index is 1.96. The summed E-state index contributed by atoms with van der Waals surface area (Å²) in [6.45, 7) is 3.92. The lowest BCUT2D eigenvalue weighted by molar-refractivity contribution is -0.121. The minimum atomic E-state index is -0.243. The third kappa shape index (κ3) is 4.32. The fourth-order valence-electron chi connectivity index (χ4n) is 2.12. The molecule has 0 saturated heterocycles. The van der Waals surface area contributed by atoms with Crippen LogP contribution in [0.5, 0.6) is 11.5 Å². The third-order valence-corrected chi connectivity index (χ3v) is 3.21. The Labute approximate surface area is 134 Å². The lowest BCUT2D eigenvalue weighted by atomic mass is 10.2. The second-order valence-electron chi connectivity index (χ2n) is 4.99. The van der Waals surface area contributed by atoms with Gasteiger partial charge in [0, 0.05) is 5.69 Å². The van der Waals surface area contributed by atoms with Crippen molar-refractivity contribution in [1.29, 1.82) is 0 Å². The van der Waals surface area contributed by atoms with Gasteiger partial charge in [-0.2, -0.15) is 10.2 Å². The van der Waals surface area contributed by atoms with Gasteiger partial charge in [0.1, 0.15) is 6.54 Å². The van der Waals surface area contributed by atoms with E-state index in [-0.39, 0.29) is 12.5 Å². The van der Waals surface area contributed by atoms with Crippen LogP contribution < -0.4 is 14.9 Å². The Morgan fingerprint density at radius 3 is 2.61 bits per heavy atom. The molecule has 7 heteroatoms. The predicted molar refractivity (Wildman–Crippen MR) is 87.0 cm³/mol. The van der Waals surface area contributed by atoms with Gasteiger partial charge in [0.05, 0.1) is 26.1 Å². The zero-order valence-electron chi connectivity index (χ0n) is 13.7. The maximum absolute atomic E-state index is 11.9. The van der Waals surface area contributed by atoms with E-state index in [0.29, 0.717) is 11.5 Å². The van der Waals surface area contributed by atoms with Crippen molar-refractivity contribution < 1.29 is 14.3 Å². The molecule has 1 aromatic heterocycles. The summed E-state index contributed by atoms with van der Waals surface area (Å²) >= 11 is 0. The molecule has 1 aromatic carbocycles. The van der Waals surface area contributed by atoms with Gasteiger partial charge in [-0.3, -0.25) is 9.48 Å². The van der Waals surface area contributed by atoms with Crippen LogP contribution in [0.15, 0.2) is 29.4 Å². The Morgan fingerprint density at radius 1 is 1.26 bits per heavy atom. The number of amides is 1. The Morgan fingerprint density at radius 2 is 2.00 bits per heavy atom. The maximum atomic E-state index is 11.9. The van der Waals surface area contributed by atoms with E-state index in [9.17, 15) is 4.79 Å². The quantitative estimate of drug-likeness (QED) is 0.649. The van der Waals surface area contributed by atoms with Crippen molar-refractivity contribution in [2.45, 2.75) is 20.4 Å². The molecular formula is C16H20N4O3. The molecule has 0 atom stereocenters. The summed E-state index contributed by atoms with van der Waals surface area (Å²) in [5.41, 5.74) is 5.08. The molecule has 0 aliphatic heterocycles. The monoisotopic (exact) mass is 316 g/mol. The van der Waals surface area contributed by atoms with Crippen molar-refractivity contribution in [3.63, 3.8) is 0 Å². The number of carbonyl (C=O) groups is 1. The molecule has 0 spiro atoms. The fourth-order valence-corrected chi connectivity index (χ4v) is 2.12. The Hall–Kier alpha value is -2.83. The van der Waals surface area contributed by atoms with Crippen molar-refractivity contribution in [2.24, 2.45) is 5.10 Å². The molecule has 0 bridgehead atoms. The molecule has 0 radical (unpaired) electrons. The van der Waals surface area contributed by atoms with E-state index in [2.05, 4.69) is 15.6 Å². The highest BCUT2D eigenvalue weighted by Crippen LogP contribution is 2.26. The highest BCUT2D eigenvalue weighted by atomic mass is 16.5. The van der Waals surface area contributed by atoms with E-state index >= 15 is 0 Å². The van der Waals surface area contributed by atoms with Crippen LogP contribution in [0.25, 0.3) is 0 Å². The van der Waals surface area contributed by atoms with E-state index in [0.717, 1.165) is 17.0 Å². The maximum Gasteiger partial charge on any atom is 0.261 e. The Bertz CT molecular complexity index is 722. The van der Waals surface area contributed by atoms with E-state index in [4.69, 9.17) is 9.47 Å². The largest absolute Gasteiger partial charge is 0.493 e. The lowest BCUT2D eigenvalue weighted by Crippen LogP contribution is -2.24. The molecule has 0 fully saturated rings. The second-order valence-corrected chi connectivity index (χ2v) is 4.99. The molecule has 1 N–H and O–H groups in total. The van der Waals surface area contributed by atoms with Gasteiger partial charge in [-0.05, 0) is 43.7 Å². The molecule has 7 nitrogen and oxygen atoms in total. The first-order valence-corrected chi connectivity index (χ1v) is 7.08. The highest BCUT2D eigenvalue weighted by molar-refractivity contribution is 5.83. The molecule has 0 unspecified atom stereocenters. The summed E-state index contributed by atoms with van der Waals surface area (Å²) in [5.74, 6) is 0.997. The van der Waals surface area contributed by atoms with Gasteiger partial charge in [0.25, 0.3) is 5.91 Å². The number of hydrazone groups is 1. The summed E-state index contributed by atoms with van der Waals surface area (Å²) in [7, 11) is 3.14. The minimum Gasteiger partial charge on any atom is -0.493 e. The van der Waals surface area contributed by atoms with E-state index in [1.165, 1.54) is 0 Å². The standard InChI is InChI=1S/C16H20N4O3/c1-11-7-12(2)20(19-11)10-16(21)18-17-9-13-5-6-14(22-3)15(8-13)23-4/h5-9H,10H2,1-4H3,(H,18,21)/b17-9+. The molecule has 2 aromatic rings. The summed E-state index contributed by atoms with van der Waals surface area (Å²) in [6.07, 6.45) is 1.54. The molecule has 0 aliphatic carbocycles. The van der Waals surface area contributed by atoms with Gasteiger partial charge in [-0.25, -0.2) is 5.43 Å². The first kappa shape index (κ1) is 16.5. The van der Waals surface area contributed by atoms with Crippen LogP contribution in [-0.4, -0.2) is 36.1 Å². The number of rotatable bonds is 6. The number of aromatic nitrogens is 2. The third-order valence-electron chi connectivity index (χ3n) is 3.21. The SMILES string of the molecule is COc1ccc(/C=N/NC(=O)Cn2nc(C)cc2C)cc1OC. The average Bonchev–Trinajstić information content (AvgIpc) is 2.84. The highest BCUT2D eigenvalue weighted by Gasteiger charge is 2.06. The molecule has 1 amide bonds. The smallest absolute Gasteiger partial charge is 0.261 e. The van der Waals surface area contributed by atoms with Gasteiger partial charge in [0.2, 0.25) is 0 Å². The number of carbonyl (C=O) groups excluding carboxylic acids is 1. The molecule has 122 valence electrons. The average molecular weight is 316 g/mol. The van der Waals surface area contributed by atoms with Crippen molar-refractivity contribution >= 4 is 12.1 Å². The zero-order valence-corrected chi connectivity index (χ0v) is 13.7. The van der Waals surface area contributed by atoms with E-state index < -0.39 is 0 Å². The number of hydrogen-bond donors (Lipinski definition) is 1. The Kier molecular flexibility index (Phi) is 5.35. The van der Waals surface area contributed by atoms with Crippen molar-refractivity contribution in [3.8, 4) is 11.5 Å². The summed E-state index contributed by atoms with van der Waals surface area (Å²) in [5, 5.41) is 8.17. The summed E-state index contributed by atoms with van der Waals surface area (Å²) in [4.78, 5) is 11.9. The lowest BCUT2D eigenvalue weighted by Gasteiger charge is -2.07. The zero-order chi connectivity index (χ0) is 16.8. The molecule has 1 heterocycles. The van der Waals surface area contributed by atoms with E-state index in [1.807, 2.05) is 26.0 Å². The van der Waals surface area contributed by atoms with Crippen LogP contribution in [0.2, 0.25) is 0 Å². The first-order chi connectivity index (χ1) is 11.0. The van der Waals surface area contributed by atoms with Crippen molar-refractivity contribution in [1.82, 2.24) is 15.2 Å². The topological polar surface area (TPSA) is 77.7 Å². The summed E-state index contributed by atoms with van der Waals surface area (Å²) in [6, 6.07) is 7.28. The normalized spacial score (nSPS) is 10.8.